The van der Waals surface area contributed by atoms with Crippen molar-refractivity contribution in [1.29, 1.82) is 0 Å². The zero-order chi connectivity index (χ0) is 41.0. The SMILES string of the molecule is COc1ccc2nc(C)c(O[C@@H]3C[C@H]4C(=O)N[C@]5(C(=O)NS(=O)(=O)C6(C)CC6)C[C@H]5/C=C/CCCCC[C@H](NC(=O)OCC5(C(F)(F)F)CC5)C(=O)N4C3)nc2c1. The molecule has 5 aliphatic rings. The Bertz CT molecular complexity index is 2090. The summed E-state index contributed by atoms with van der Waals surface area (Å²) in [5.74, 6) is -2.18. The first kappa shape index (κ1) is 40.5. The molecule has 4 fully saturated rings. The Balaban J connectivity index is 1.16. The molecule has 57 heavy (non-hydrogen) atoms. The molecule has 310 valence electrons. The third-order valence-corrected chi connectivity index (χ3v) is 14.1. The van der Waals surface area contributed by atoms with Gasteiger partial charge >= 0.3 is 12.3 Å². The minimum atomic E-state index is -4.56. The maximum Gasteiger partial charge on any atom is 0.407 e. The fourth-order valence-corrected chi connectivity index (χ4v) is 8.81. The van der Waals surface area contributed by atoms with Gasteiger partial charge in [-0.05, 0) is 77.3 Å². The van der Waals surface area contributed by atoms with Gasteiger partial charge in [0, 0.05) is 18.4 Å². The van der Waals surface area contributed by atoms with E-state index in [1.807, 2.05) is 6.08 Å². The second kappa shape index (κ2) is 14.9. The summed E-state index contributed by atoms with van der Waals surface area (Å²) < 4.78 is 84.7. The van der Waals surface area contributed by atoms with Crippen LogP contribution in [0.15, 0.2) is 30.4 Å². The molecule has 4 amide bonds. The number of amides is 4. The van der Waals surface area contributed by atoms with E-state index in [1.165, 1.54) is 12.0 Å². The summed E-state index contributed by atoms with van der Waals surface area (Å²) in [6, 6.07) is 2.60. The maximum atomic E-state index is 14.5. The molecule has 0 radical (unpaired) electrons. The molecule has 0 bridgehead atoms. The third-order valence-electron chi connectivity index (χ3n) is 12.0. The smallest absolute Gasteiger partial charge is 0.407 e. The molecule has 2 aliphatic heterocycles. The van der Waals surface area contributed by atoms with E-state index >= 15 is 0 Å². The van der Waals surface area contributed by atoms with Crippen LogP contribution in [-0.2, 0) is 29.1 Å². The highest BCUT2D eigenvalue weighted by Gasteiger charge is 2.65. The van der Waals surface area contributed by atoms with Crippen molar-refractivity contribution in [2.45, 2.75) is 119 Å². The maximum absolute atomic E-state index is 14.5. The first-order chi connectivity index (χ1) is 26.9. The summed E-state index contributed by atoms with van der Waals surface area (Å²) in [5, 5.41) is 5.25. The van der Waals surface area contributed by atoms with Crippen molar-refractivity contribution in [2.75, 3.05) is 20.3 Å². The van der Waals surface area contributed by atoms with Crippen molar-refractivity contribution in [2.24, 2.45) is 11.3 Å². The van der Waals surface area contributed by atoms with Gasteiger partial charge in [0.1, 0.15) is 47.2 Å². The average molecular weight is 821 g/mol. The average Bonchev–Trinajstić information content (AvgIpc) is 4.10. The lowest BCUT2D eigenvalue weighted by molar-refractivity contribution is -0.196. The number of nitrogens with zero attached hydrogens (tertiary/aromatic N) is 3. The van der Waals surface area contributed by atoms with Gasteiger partial charge in [0.05, 0.1) is 29.4 Å². The fourth-order valence-electron chi connectivity index (χ4n) is 7.50. The van der Waals surface area contributed by atoms with Crippen molar-refractivity contribution in [3.8, 4) is 11.6 Å². The molecule has 3 saturated carbocycles. The van der Waals surface area contributed by atoms with Crippen LogP contribution in [0.4, 0.5) is 18.0 Å². The summed E-state index contributed by atoms with van der Waals surface area (Å²) in [7, 11) is -2.55. The number of benzene rings is 1. The highest BCUT2D eigenvalue weighted by atomic mass is 32.2. The molecule has 7 rings (SSSR count). The summed E-state index contributed by atoms with van der Waals surface area (Å²) >= 11 is 0. The van der Waals surface area contributed by atoms with Crippen LogP contribution < -0.4 is 24.8 Å². The number of hydrogen-bond acceptors (Lipinski definition) is 11. The zero-order valence-corrected chi connectivity index (χ0v) is 32.8. The Morgan fingerprint density at radius 2 is 1.82 bits per heavy atom. The summed E-state index contributed by atoms with van der Waals surface area (Å²) in [6.45, 7) is 2.17. The molecule has 1 aromatic carbocycles. The molecule has 5 atom stereocenters. The lowest BCUT2D eigenvalue weighted by atomic mass is 10.0. The Labute approximate surface area is 327 Å². The van der Waals surface area contributed by atoms with Gasteiger partial charge in [-0.1, -0.05) is 25.0 Å². The molecule has 0 spiro atoms. The third kappa shape index (κ3) is 8.21. The first-order valence-electron chi connectivity index (χ1n) is 19.2. The second-order valence-corrected chi connectivity index (χ2v) is 18.4. The van der Waals surface area contributed by atoms with E-state index in [0.717, 1.165) is 0 Å². The van der Waals surface area contributed by atoms with E-state index in [-0.39, 0.29) is 44.5 Å². The zero-order valence-electron chi connectivity index (χ0n) is 31.9. The number of fused-ring (bicyclic) bond motifs is 3. The number of aryl methyl sites for hydroxylation is 1. The number of allylic oxidation sites excluding steroid dienone is 1. The van der Waals surface area contributed by atoms with E-state index in [2.05, 4.69) is 25.3 Å². The molecule has 3 heterocycles. The second-order valence-electron chi connectivity index (χ2n) is 16.2. The van der Waals surface area contributed by atoms with Crippen LogP contribution in [-0.4, -0.2) is 102 Å². The molecule has 2 aromatic rings. The fraction of sp³-hybridized carbons (Fsp3) is 0.632. The Hall–Kier alpha value is -4.68. The quantitative estimate of drug-likeness (QED) is 0.308. The number of nitrogens with one attached hydrogen (secondary N) is 3. The number of halogens is 3. The van der Waals surface area contributed by atoms with Crippen LogP contribution >= 0.6 is 0 Å². The number of rotatable bonds is 9. The topological polar surface area (TPSA) is 195 Å². The molecule has 0 unspecified atom stereocenters. The standard InChI is InChI=1S/C38H47F3N6O9S/c1-22-31(43-28-17-24(54-3)11-12-26(28)42-22)56-25-18-29-30(48)45-37(33(50)46-57(52,53)35(2)13-14-35)19-23(37)9-7-5-4-6-8-10-27(32(49)47(29)20-25)44-34(51)55-21-36(15-16-36)38(39,40)41/h7,9,11-12,17,23,25,27,29H,4-6,8,10,13-16,18-21H2,1-3H3,(H,44,51)(H,45,48)(H,46,50)/b9-7+/t23-,25-,27+,29+,37-/m1/s1. The number of alkyl halides is 3. The number of hydrogen-bond donors (Lipinski definition) is 3. The van der Waals surface area contributed by atoms with Gasteiger partial charge in [0.15, 0.2) is 0 Å². The monoisotopic (exact) mass is 820 g/mol. The number of sulfonamides is 1. The normalized spacial score (nSPS) is 28.7. The summed E-state index contributed by atoms with van der Waals surface area (Å²) in [4.78, 5) is 66.1. The first-order valence-corrected chi connectivity index (χ1v) is 20.7. The molecule has 3 aliphatic carbocycles. The van der Waals surface area contributed by atoms with Crippen molar-refractivity contribution in [3.63, 3.8) is 0 Å². The van der Waals surface area contributed by atoms with Gasteiger partial charge in [-0.3, -0.25) is 19.1 Å². The van der Waals surface area contributed by atoms with E-state index in [9.17, 15) is 40.8 Å². The van der Waals surface area contributed by atoms with Gasteiger partial charge in [0.2, 0.25) is 27.7 Å². The minimum Gasteiger partial charge on any atom is -0.497 e. The van der Waals surface area contributed by atoms with Gasteiger partial charge in [-0.2, -0.15) is 13.2 Å². The van der Waals surface area contributed by atoms with E-state index in [1.54, 1.807) is 38.1 Å². The molecular weight excluding hydrogens is 774 g/mol. The predicted octanol–water partition coefficient (Wildman–Crippen LogP) is 4.13. The largest absolute Gasteiger partial charge is 0.497 e. The van der Waals surface area contributed by atoms with Crippen molar-refractivity contribution >= 4 is 44.9 Å². The summed E-state index contributed by atoms with van der Waals surface area (Å²) in [6.07, 6.45) is -0.0592. The van der Waals surface area contributed by atoms with Gasteiger partial charge in [-0.15, -0.1) is 0 Å². The van der Waals surface area contributed by atoms with Crippen LogP contribution in [0.2, 0.25) is 0 Å². The molecule has 1 aromatic heterocycles. The van der Waals surface area contributed by atoms with Crippen LogP contribution in [0.25, 0.3) is 11.0 Å². The number of alkyl carbamates (subject to hydrolysis) is 1. The van der Waals surface area contributed by atoms with E-state index < -0.39 is 86.4 Å². The molecule has 15 nitrogen and oxygen atoms in total. The van der Waals surface area contributed by atoms with Crippen molar-refractivity contribution < 1.29 is 55.0 Å². The number of ether oxygens (including phenoxy) is 3. The van der Waals surface area contributed by atoms with Gasteiger partial charge in [-0.25, -0.2) is 23.2 Å². The summed E-state index contributed by atoms with van der Waals surface area (Å²) in [5.41, 5.74) is -2.25. The van der Waals surface area contributed by atoms with Gasteiger partial charge < -0.3 is 29.7 Å². The van der Waals surface area contributed by atoms with Gasteiger partial charge in [0.25, 0.3) is 5.91 Å². The predicted molar refractivity (Wildman–Crippen MR) is 197 cm³/mol. The molecule has 19 heteroatoms. The van der Waals surface area contributed by atoms with Crippen LogP contribution in [0.1, 0.15) is 83.2 Å². The minimum absolute atomic E-state index is 0.0886. The van der Waals surface area contributed by atoms with E-state index in [4.69, 9.17) is 14.2 Å². The van der Waals surface area contributed by atoms with Crippen molar-refractivity contribution in [3.05, 3.63) is 36.0 Å². The Morgan fingerprint density at radius 1 is 1.07 bits per heavy atom. The molecule has 1 saturated heterocycles. The highest BCUT2D eigenvalue weighted by molar-refractivity contribution is 7.91. The lowest BCUT2D eigenvalue weighted by Crippen LogP contribution is -2.58. The van der Waals surface area contributed by atoms with Crippen LogP contribution in [0.3, 0.4) is 0 Å². The number of methoxy groups -OCH3 is 1. The Morgan fingerprint density at radius 3 is 2.51 bits per heavy atom. The number of carbonyl (C=O) groups excluding carboxylic acids is 4. The number of aromatic nitrogens is 2. The van der Waals surface area contributed by atoms with E-state index in [0.29, 0.717) is 61.0 Å². The van der Waals surface area contributed by atoms with Crippen molar-refractivity contribution in [1.82, 2.24) is 30.2 Å². The highest BCUT2D eigenvalue weighted by Crippen LogP contribution is 2.57. The molecular formula is C38H47F3N6O9S. The Kier molecular flexibility index (Phi) is 10.6. The lowest BCUT2D eigenvalue weighted by Gasteiger charge is -2.30. The molecule has 3 N–H and O–H groups in total. The number of carbonyl (C=O) groups is 4. The van der Waals surface area contributed by atoms with Crippen LogP contribution in [0.5, 0.6) is 11.6 Å². The van der Waals surface area contributed by atoms with Crippen LogP contribution in [0, 0.1) is 18.3 Å².